The predicted octanol–water partition coefficient (Wildman–Crippen LogP) is 3.12. The molecule has 0 amide bonds. The summed E-state index contributed by atoms with van der Waals surface area (Å²) < 4.78 is 2.58. The van der Waals surface area contributed by atoms with Gasteiger partial charge in [0.05, 0.1) is 12.4 Å². The van der Waals surface area contributed by atoms with Gasteiger partial charge in [-0.15, -0.1) is 0 Å². The Labute approximate surface area is 132 Å². The number of benzene rings is 1. The third-order valence-corrected chi connectivity index (χ3v) is 4.26. The molecule has 3 rings (SSSR count). The summed E-state index contributed by atoms with van der Waals surface area (Å²) in [6.07, 6.45) is 3.71. The maximum Gasteiger partial charge on any atom is 0.268 e. The maximum absolute atomic E-state index is 12.0. The van der Waals surface area contributed by atoms with Gasteiger partial charge in [-0.25, -0.2) is 4.68 Å². The van der Waals surface area contributed by atoms with Gasteiger partial charge in [0.2, 0.25) is 0 Å². The number of nitrogens with zero attached hydrogens (tertiary/aromatic N) is 3. The van der Waals surface area contributed by atoms with Gasteiger partial charge in [0.25, 0.3) is 5.56 Å². The van der Waals surface area contributed by atoms with Crippen molar-refractivity contribution < 1.29 is 0 Å². The minimum absolute atomic E-state index is 0.0423. The number of hydrogen-bond donors (Lipinski definition) is 0. The zero-order valence-corrected chi connectivity index (χ0v) is 13.4. The fraction of sp³-hybridized carbons (Fsp3) is 0.375. The Morgan fingerprint density at radius 3 is 2.67 bits per heavy atom. The molecule has 0 spiro atoms. The summed E-state index contributed by atoms with van der Waals surface area (Å²) in [5.74, 6) is 0. The van der Waals surface area contributed by atoms with Crippen LogP contribution in [0.2, 0.25) is 0 Å². The molecular formula is C16H18BrN3O. The summed E-state index contributed by atoms with van der Waals surface area (Å²) in [5, 5.41) is 4.52. The van der Waals surface area contributed by atoms with Gasteiger partial charge < -0.3 is 0 Å². The van der Waals surface area contributed by atoms with E-state index in [0.29, 0.717) is 6.67 Å². The van der Waals surface area contributed by atoms with Crippen LogP contribution in [0.4, 0.5) is 0 Å². The zero-order chi connectivity index (χ0) is 14.7. The van der Waals surface area contributed by atoms with Gasteiger partial charge in [0, 0.05) is 16.1 Å². The SMILES string of the molecule is O=c1ccc(-c2cccc(Br)c2)nn1CN1CCCCC1. The molecule has 21 heavy (non-hydrogen) atoms. The lowest BCUT2D eigenvalue weighted by atomic mass is 10.1. The Morgan fingerprint density at radius 1 is 1.10 bits per heavy atom. The summed E-state index contributed by atoms with van der Waals surface area (Å²) in [6, 6.07) is 11.4. The minimum atomic E-state index is -0.0423. The largest absolute Gasteiger partial charge is 0.284 e. The van der Waals surface area contributed by atoms with E-state index in [1.54, 1.807) is 16.8 Å². The molecule has 0 saturated carbocycles. The van der Waals surface area contributed by atoms with E-state index in [1.807, 2.05) is 24.3 Å². The Morgan fingerprint density at radius 2 is 1.90 bits per heavy atom. The van der Waals surface area contributed by atoms with Crippen LogP contribution < -0.4 is 5.56 Å². The molecule has 1 aromatic heterocycles. The highest BCUT2D eigenvalue weighted by Crippen LogP contribution is 2.20. The molecule has 5 heteroatoms. The molecule has 1 aromatic carbocycles. The third-order valence-electron chi connectivity index (χ3n) is 3.77. The zero-order valence-electron chi connectivity index (χ0n) is 11.8. The molecule has 2 heterocycles. The first-order valence-corrected chi connectivity index (χ1v) is 8.08. The lowest BCUT2D eigenvalue weighted by molar-refractivity contribution is 0.170. The van der Waals surface area contributed by atoms with Crippen molar-refractivity contribution in [1.82, 2.24) is 14.7 Å². The number of halogens is 1. The Balaban J connectivity index is 1.87. The average molecular weight is 348 g/mol. The van der Waals surface area contributed by atoms with Crippen LogP contribution in [0.25, 0.3) is 11.3 Å². The standard InChI is InChI=1S/C16H18BrN3O/c17-14-6-4-5-13(11-14)15-7-8-16(21)20(18-15)12-19-9-2-1-3-10-19/h4-8,11H,1-3,9-10,12H2. The highest BCUT2D eigenvalue weighted by molar-refractivity contribution is 9.10. The number of likely N-dealkylation sites (tertiary alicyclic amines) is 1. The molecular weight excluding hydrogens is 330 g/mol. The molecule has 4 nitrogen and oxygen atoms in total. The molecule has 0 bridgehead atoms. The quantitative estimate of drug-likeness (QED) is 0.856. The van der Waals surface area contributed by atoms with E-state index in [4.69, 9.17) is 0 Å². The molecule has 110 valence electrons. The average Bonchev–Trinajstić information content (AvgIpc) is 2.50. The lowest BCUT2D eigenvalue weighted by Crippen LogP contribution is -2.36. The number of rotatable bonds is 3. The topological polar surface area (TPSA) is 38.1 Å². The second kappa shape index (κ2) is 6.54. The van der Waals surface area contributed by atoms with Crippen molar-refractivity contribution in [2.75, 3.05) is 13.1 Å². The van der Waals surface area contributed by atoms with Crippen LogP contribution in [0, 0.1) is 0 Å². The molecule has 1 fully saturated rings. The second-order valence-electron chi connectivity index (χ2n) is 5.39. The van der Waals surface area contributed by atoms with Gasteiger partial charge in [-0.1, -0.05) is 34.5 Å². The van der Waals surface area contributed by atoms with Crippen LogP contribution in [0.1, 0.15) is 19.3 Å². The van der Waals surface area contributed by atoms with Gasteiger partial charge in [-0.2, -0.15) is 5.10 Å². The fourth-order valence-electron chi connectivity index (χ4n) is 2.64. The van der Waals surface area contributed by atoms with Crippen LogP contribution in [0.15, 0.2) is 45.7 Å². The summed E-state index contributed by atoms with van der Waals surface area (Å²) >= 11 is 3.47. The predicted molar refractivity (Wildman–Crippen MR) is 87.1 cm³/mol. The Hall–Kier alpha value is -1.46. The highest BCUT2D eigenvalue weighted by atomic mass is 79.9. The third kappa shape index (κ3) is 3.60. The van der Waals surface area contributed by atoms with Crippen molar-refractivity contribution in [3.05, 3.63) is 51.2 Å². The van der Waals surface area contributed by atoms with Crippen molar-refractivity contribution in [2.24, 2.45) is 0 Å². The summed E-state index contributed by atoms with van der Waals surface area (Å²) in [6.45, 7) is 2.69. The van der Waals surface area contributed by atoms with Gasteiger partial charge in [-0.3, -0.25) is 9.69 Å². The van der Waals surface area contributed by atoms with E-state index in [2.05, 4.69) is 25.9 Å². The van der Waals surface area contributed by atoms with Crippen molar-refractivity contribution in [2.45, 2.75) is 25.9 Å². The van der Waals surface area contributed by atoms with Crippen LogP contribution in [-0.2, 0) is 6.67 Å². The monoisotopic (exact) mass is 347 g/mol. The van der Waals surface area contributed by atoms with Crippen LogP contribution >= 0.6 is 15.9 Å². The first-order chi connectivity index (χ1) is 10.2. The molecule has 0 N–H and O–H groups in total. The molecule has 2 aromatic rings. The highest BCUT2D eigenvalue weighted by Gasteiger charge is 2.12. The normalized spacial score (nSPS) is 16.0. The molecule has 0 aliphatic carbocycles. The van der Waals surface area contributed by atoms with Crippen molar-refractivity contribution in [1.29, 1.82) is 0 Å². The summed E-state index contributed by atoms with van der Waals surface area (Å²) in [4.78, 5) is 14.3. The van der Waals surface area contributed by atoms with Crippen molar-refractivity contribution >= 4 is 15.9 Å². The number of aromatic nitrogens is 2. The number of piperidine rings is 1. The van der Waals surface area contributed by atoms with E-state index in [-0.39, 0.29) is 5.56 Å². The fourth-order valence-corrected chi connectivity index (χ4v) is 3.04. The van der Waals surface area contributed by atoms with E-state index >= 15 is 0 Å². The molecule has 1 aliphatic heterocycles. The van der Waals surface area contributed by atoms with Gasteiger partial charge in [-0.05, 0) is 44.1 Å². The van der Waals surface area contributed by atoms with Crippen LogP contribution in [-0.4, -0.2) is 27.8 Å². The van der Waals surface area contributed by atoms with Crippen molar-refractivity contribution in [3.8, 4) is 11.3 Å². The first-order valence-electron chi connectivity index (χ1n) is 7.29. The smallest absolute Gasteiger partial charge is 0.268 e. The van der Waals surface area contributed by atoms with Gasteiger partial charge in [0.1, 0.15) is 0 Å². The molecule has 0 radical (unpaired) electrons. The van der Waals surface area contributed by atoms with Crippen LogP contribution in [0.3, 0.4) is 0 Å². The maximum atomic E-state index is 12.0. The summed E-state index contributed by atoms with van der Waals surface area (Å²) in [7, 11) is 0. The molecule has 1 saturated heterocycles. The van der Waals surface area contributed by atoms with E-state index in [0.717, 1.165) is 28.8 Å². The lowest BCUT2D eigenvalue weighted by Gasteiger charge is -2.26. The van der Waals surface area contributed by atoms with Crippen LogP contribution in [0.5, 0.6) is 0 Å². The van der Waals surface area contributed by atoms with Crippen molar-refractivity contribution in [3.63, 3.8) is 0 Å². The van der Waals surface area contributed by atoms with Gasteiger partial charge >= 0.3 is 0 Å². The number of hydrogen-bond acceptors (Lipinski definition) is 3. The minimum Gasteiger partial charge on any atom is -0.284 e. The Kier molecular flexibility index (Phi) is 4.51. The molecule has 1 aliphatic rings. The van der Waals surface area contributed by atoms with E-state index < -0.39 is 0 Å². The molecule has 0 unspecified atom stereocenters. The van der Waals surface area contributed by atoms with E-state index in [9.17, 15) is 4.79 Å². The second-order valence-corrected chi connectivity index (χ2v) is 6.30. The van der Waals surface area contributed by atoms with E-state index in [1.165, 1.54) is 19.3 Å². The Bertz CT molecular complexity index is 677. The first kappa shape index (κ1) is 14.5. The summed E-state index contributed by atoms with van der Waals surface area (Å²) in [5.41, 5.74) is 1.80. The molecule has 0 atom stereocenters. The van der Waals surface area contributed by atoms with Gasteiger partial charge in [0.15, 0.2) is 0 Å².